The van der Waals surface area contributed by atoms with Gasteiger partial charge < -0.3 is 10.2 Å². The standard InChI is InChI=1S/C14H27N5/c1-12(2)15-10-14-11-19(17-16-14)9-8-18-6-4-13(3)5-7-18/h11-13,15H,4-10H2,1-3H3. The quantitative estimate of drug-likeness (QED) is 0.847. The fraction of sp³-hybridized carbons (Fsp3) is 0.857. The van der Waals surface area contributed by atoms with Gasteiger partial charge in [0.25, 0.3) is 0 Å². The molecule has 0 aromatic carbocycles. The molecule has 108 valence electrons. The van der Waals surface area contributed by atoms with Gasteiger partial charge in [0.2, 0.25) is 0 Å². The van der Waals surface area contributed by atoms with E-state index in [2.05, 4.69) is 47.5 Å². The lowest BCUT2D eigenvalue weighted by Crippen LogP contribution is -2.35. The van der Waals surface area contributed by atoms with Gasteiger partial charge >= 0.3 is 0 Å². The first-order valence-corrected chi connectivity index (χ1v) is 7.48. The van der Waals surface area contributed by atoms with Gasteiger partial charge in [-0.3, -0.25) is 4.68 Å². The Bertz CT molecular complexity index is 366. The van der Waals surface area contributed by atoms with Gasteiger partial charge in [0.05, 0.1) is 12.2 Å². The van der Waals surface area contributed by atoms with Crippen LogP contribution in [0.3, 0.4) is 0 Å². The normalized spacial score (nSPS) is 18.3. The zero-order chi connectivity index (χ0) is 13.7. The lowest BCUT2D eigenvalue weighted by Gasteiger charge is -2.29. The number of hydrogen-bond donors (Lipinski definition) is 1. The fourth-order valence-corrected chi connectivity index (χ4v) is 2.37. The summed E-state index contributed by atoms with van der Waals surface area (Å²) in [6.07, 6.45) is 4.73. The zero-order valence-corrected chi connectivity index (χ0v) is 12.5. The molecule has 0 atom stereocenters. The van der Waals surface area contributed by atoms with Crippen molar-refractivity contribution in [2.45, 2.75) is 52.7 Å². The highest BCUT2D eigenvalue weighted by Crippen LogP contribution is 2.15. The molecule has 0 radical (unpaired) electrons. The summed E-state index contributed by atoms with van der Waals surface area (Å²) in [5, 5.41) is 11.7. The topological polar surface area (TPSA) is 46.0 Å². The molecule has 0 amide bonds. The lowest BCUT2D eigenvalue weighted by atomic mass is 9.99. The molecule has 0 aliphatic carbocycles. The van der Waals surface area contributed by atoms with E-state index in [9.17, 15) is 0 Å². The zero-order valence-electron chi connectivity index (χ0n) is 12.5. The van der Waals surface area contributed by atoms with E-state index in [1.54, 1.807) is 0 Å². The van der Waals surface area contributed by atoms with Crippen molar-refractivity contribution in [1.29, 1.82) is 0 Å². The third-order valence-electron chi connectivity index (χ3n) is 3.80. The van der Waals surface area contributed by atoms with E-state index in [4.69, 9.17) is 0 Å². The molecule has 0 saturated carbocycles. The van der Waals surface area contributed by atoms with Crippen molar-refractivity contribution in [1.82, 2.24) is 25.2 Å². The van der Waals surface area contributed by atoms with Gasteiger partial charge in [-0.1, -0.05) is 26.0 Å². The third-order valence-corrected chi connectivity index (χ3v) is 3.80. The second-order valence-electron chi connectivity index (χ2n) is 6.03. The SMILES string of the molecule is CC1CCN(CCn2cc(CNC(C)C)nn2)CC1. The Morgan fingerprint density at radius 3 is 2.74 bits per heavy atom. The fourth-order valence-electron chi connectivity index (χ4n) is 2.37. The monoisotopic (exact) mass is 265 g/mol. The maximum absolute atomic E-state index is 4.20. The van der Waals surface area contributed by atoms with Crippen LogP contribution in [0.1, 0.15) is 39.3 Å². The van der Waals surface area contributed by atoms with Crippen LogP contribution >= 0.6 is 0 Å². The van der Waals surface area contributed by atoms with Gasteiger partial charge in [-0.15, -0.1) is 5.10 Å². The molecule has 1 fully saturated rings. The number of aromatic nitrogens is 3. The van der Waals surface area contributed by atoms with E-state index in [1.165, 1.54) is 25.9 Å². The number of nitrogens with zero attached hydrogens (tertiary/aromatic N) is 4. The molecule has 2 rings (SSSR count). The highest BCUT2D eigenvalue weighted by atomic mass is 15.4. The van der Waals surface area contributed by atoms with Gasteiger partial charge in [-0.25, -0.2) is 0 Å². The molecule has 0 bridgehead atoms. The van der Waals surface area contributed by atoms with E-state index >= 15 is 0 Å². The van der Waals surface area contributed by atoms with Crippen molar-refractivity contribution in [3.05, 3.63) is 11.9 Å². The average Bonchev–Trinajstić information content (AvgIpc) is 2.84. The maximum Gasteiger partial charge on any atom is 0.0964 e. The number of hydrogen-bond acceptors (Lipinski definition) is 4. The Kier molecular flexibility index (Phi) is 5.34. The highest BCUT2D eigenvalue weighted by molar-refractivity contribution is 4.91. The van der Waals surface area contributed by atoms with E-state index < -0.39 is 0 Å². The third kappa shape index (κ3) is 4.91. The summed E-state index contributed by atoms with van der Waals surface area (Å²) in [5.41, 5.74) is 1.03. The maximum atomic E-state index is 4.20. The first-order valence-electron chi connectivity index (χ1n) is 7.48. The van der Waals surface area contributed by atoms with Crippen LogP contribution in [0.5, 0.6) is 0 Å². The van der Waals surface area contributed by atoms with Crippen LogP contribution in [0.4, 0.5) is 0 Å². The molecule has 19 heavy (non-hydrogen) atoms. The summed E-state index contributed by atoms with van der Waals surface area (Å²) >= 11 is 0. The minimum atomic E-state index is 0.487. The minimum Gasteiger partial charge on any atom is -0.309 e. The molecular weight excluding hydrogens is 238 g/mol. The Morgan fingerprint density at radius 1 is 1.32 bits per heavy atom. The summed E-state index contributed by atoms with van der Waals surface area (Å²) in [6, 6.07) is 0.487. The Morgan fingerprint density at radius 2 is 2.05 bits per heavy atom. The number of likely N-dealkylation sites (tertiary alicyclic amines) is 1. The van der Waals surface area contributed by atoms with Crippen molar-refractivity contribution in [2.75, 3.05) is 19.6 Å². The molecule has 1 aliphatic heterocycles. The van der Waals surface area contributed by atoms with E-state index in [-0.39, 0.29) is 0 Å². The van der Waals surface area contributed by atoms with Crippen LogP contribution in [-0.2, 0) is 13.1 Å². The van der Waals surface area contributed by atoms with Crippen LogP contribution in [0, 0.1) is 5.92 Å². The highest BCUT2D eigenvalue weighted by Gasteiger charge is 2.15. The van der Waals surface area contributed by atoms with Crippen molar-refractivity contribution < 1.29 is 0 Å². The molecule has 1 saturated heterocycles. The van der Waals surface area contributed by atoms with Gasteiger partial charge in [0, 0.05) is 25.3 Å². The smallest absolute Gasteiger partial charge is 0.0964 e. The predicted molar refractivity (Wildman–Crippen MR) is 76.8 cm³/mol. The summed E-state index contributed by atoms with van der Waals surface area (Å²) in [6.45, 7) is 11.9. The van der Waals surface area contributed by atoms with Crippen molar-refractivity contribution in [3.8, 4) is 0 Å². The van der Waals surface area contributed by atoms with Crippen molar-refractivity contribution >= 4 is 0 Å². The summed E-state index contributed by atoms with van der Waals surface area (Å²) in [7, 11) is 0. The van der Waals surface area contributed by atoms with Gasteiger partial charge in [-0.05, 0) is 31.8 Å². The number of nitrogens with one attached hydrogen (secondary N) is 1. The van der Waals surface area contributed by atoms with Crippen LogP contribution in [0.25, 0.3) is 0 Å². The lowest BCUT2D eigenvalue weighted by molar-refractivity contribution is 0.184. The molecule has 0 spiro atoms. The van der Waals surface area contributed by atoms with Crippen molar-refractivity contribution in [3.63, 3.8) is 0 Å². The van der Waals surface area contributed by atoms with Gasteiger partial charge in [-0.2, -0.15) is 0 Å². The summed E-state index contributed by atoms with van der Waals surface area (Å²) < 4.78 is 1.97. The largest absolute Gasteiger partial charge is 0.309 e. The van der Waals surface area contributed by atoms with E-state index in [0.29, 0.717) is 6.04 Å². The average molecular weight is 265 g/mol. The first kappa shape index (κ1) is 14.5. The summed E-state index contributed by atoms with van der Waals surface area (Å²) in [4.78, 5) is 2.54. The molecule has 1 N–H and O–H groups in total. The number of piperidine rings is 1. The van der Waals surface area contributed by atoms with Crippen LogP contribution < -0.4 is 5.32 Å². The van der Waals surface area contributed by atoms with Gasteiger partial charge in [0.1, 0.15) is 0 Å². The molecule has 1 aliphatic rings. The Hall–Kier alpha value is -0.940. The molecule has 0 unspecified atom stereocenters. The molecule has 5 nitrogen and oxygen atoms in total. The summed E-state index contributed by atoms with van der Waals surface area (Å²) in [5.74, 6) is 0.899. The molecule has 5 heteroatoms. The Labute approximate surface area is 116 Å². The minimum absolute atomic E-state index is 0.487. The van der Waals surface area contributed by atoms with Crippen molar-refractivity contribution in [2.24, 2.45) is 5.92 Å². The van der Waals surface area contributed by atoms with Crippen LogP contribution in [0.15, 0.2) is 6.20 Å². The second kappa shape index (κ2) is 7.01. The second-order valence-corrected chi connectivity index (χ2v) is 6.03. The van der Waals surface area contributed by atoms with E-state index in [1.807, 2.05) is 4.68 Å². The molecule has 2 heterocycles. The van der Waals surface area contributed by atoms with E-state index in [0.717, 1.165) is 31.2 Å². The molecule has 1 aromatic rings. The van der Waals surface area contributed by atoms with Crippen LogP contribution in [0.2, 0.25) is 0 Å². The van der Waals surface area contributed by atoms with Gasteiger partial charge in [0.15, 0.2) is 0 Å². The molecule has 1 aromatic heterocycles. The molecular formula is C14H27N5. The predicted octanol–water partition coefficient (Wildman–Crippen LogP) is 1.51. The van der Waals surface area contributed by atoms with Crippen LogP contribution in [-0.4, -0.2) is 45.6 Å². The Balaban J connectivity index is 1.71. The first-order chi connectivity index (χ1) is 9.13. The number of rotatable bonds is 6.